The van der Waals surface area contributed by atoms with Gasteiger partial charge in [0.25, 0.3) is 0 Å². The molecular weight excluding hydrogens is 226 g/mol. The zero-order valence-corrected chi connectivity index (χ0v) is 11.7. The van der Waals surface area contributed by atoms with Gasteiger partial charge in [-0.2, -0.15) is 0 Å². The number of hydrogen-bond acceptors (Lipinski definition) is 2. The van der Waals surface area contributed by atoms with Gasteiger partial charge in [0.2, 0.25) is 0 Å². The smallest absolute Gasteiger partial charge is 0.307 e. The van der Waals surface area contributed by atoms with Gasteiger partial charge in [0, 0.05) is 13.1 Å². The van der Waals surface area contributed by atoms with Crippen molar-refractivity contribution in [2.45, 2.75) is 40.7 Å². The normalized spacial score (nSPS) is 12.4. The molecule has 0 radical (unpaired) electrons. The number of carbonyl (C=O) groups is 1. The highest BCUT2D eigenvalue weighted by molar-refractivity contribution is 5.70. The van der Waals surface area contributed by atoms with Crippen LogP contribution in [0, 0.1) is 26.7 Å². The number of carboxylic acids is 1. The van der Waals surface area contributed by atoms with Crippen LogP contribution in [-0.4, -0.2) is 17.6 Å². The molecule has 0 saturated carbocycles. The van der Waals surface area contributed by atoms with Crippen molar-refractivity contribution in [3.05, 3.63) is 34.4 Å². The molecule has 1 unspecified atom stereocenters. The Kier molecular flexibility index (Phi) is 5.35. The molecule has 1 atom stereocenters. The van der Waals surface area contributed by atoms with E-state index in [1.807, 2.05) is 6.92 Å². The number of nitrogens with one attached hydrogen (secondary N) is 1. The van der Waals surface area contributed by atoms with E-state index >= 15 is 0 Å². The molecule has 2 N–H and O–H groups in total. The van der Waals surface area contributed by atoms with Gasteiger partial charge in [-0.1, -0.05) is 19.1 Å². The van der Waals surface area contributed by atoms with E-state index in [0.717, 1.165) is 6.54 Å². The minimum Gasteiger partial charge on any atom is -0.481 e. The summed E-state index contributed by atoms with van der Waals surface area (Å²) in [5.74, 6) is -1.02. The third kappa shape index (κ3) is 3.84. The number of carboxylic acid groups (broad SMARTS) is 1. The van der Waals surface area contributed by atoms with Gasteiger partial charge in [0.1, 0.15) is 0 Å². The summed E-state index contributed by atoms with van der Waals surface area (Å²) in [7, 11) is 0. The molecule has 0 fully saturated rings. The first-order valence-corrected chi connectivity index (χ1v) is 6.46. The van der Waals surface area contributed by atoms with Gasteiger partial charge in [-0.25, -0.2) is 0 Å². The Labute approximate surface area is 109 Å². The first-order valence-electron chi connectivity index (χ1n) is 6.46. The van der Waals surface area contributed by atoms with Crippen LogP contribution in [0.25, 0.3) is 0 Å². The van der Waals surface area contributed by atoms with Crippen molar-refractivity contribution in [3.8, 4) is 0 Å². The van der Waals surface area contributed by atoms with E-state index in [0.29, 0.717) is 13.0 Å². The van der Waals surface area contributed by atoms with Crippen LogP contribution in [0.3, 0.4) is 0 Å². The first-order chi connectivity index (χ1) is 8.45. The molecule has 0 amide bonds. The number of benzene rings is 1. The topological polar surface area (TPSA) is 49.3 Å². The molecule has 0 aliphatic carbocycles. The molecule has 1 rings (SSSR count). The summed E-state index contributed by atoms with van der Waals surface area (Å²) >= 11 is 0. The number of aryl methyl sites for hydroxylation is 3. The summed E-state index contributed by atoms with van der Waals surface area (Å²) in [5.41, 5.74) is 5.09. The van der Waals surface area contributed by atoms with Crippen molar-refractivity contribution < 1.29 is 9.90 Å². The lowest BCUT2D eigenvalue weighted by atomic mass is 10.0. The second-order valence-corrected chi connectivity index (χ2v) is 4.94. The van der Waals surface area contributed by atoms with Crippen LogP contribution >= 0.6 is 0 Å². The zero-order chi connectivity index (χ0) is 13.7. The first kappa shape index (κ1) is 14.7. The highest BCUT2D eigenvalue weighted by Crippen LogP contribution is 2.15. The molecule has 0 spiro atoms. The van der Waals surface area contributed by atoms with Crippen LogP contribution in [0.2, 0.25) is 0 Å². The molecule has 0 aliphatic heterocycles. The average molecular weight is 249 g/mol. The second-order valence-electron chi connectivity index (χ2n) is 4.94. The van der Waals surface area contributed by atoms with Crippen molar-refractivity contribution in [2.75, 3.05) is 6.54 Å². The molecule has 0 bridgehead atoms. The number of aliphatic carboxylic acids is 1. The molecule has 100 valence electrons. The molecular formula is C15H23NO2. The molecule has 1 aromatic rings. The fourth-order valence-corrected chi connectivity index (χ4v) is 2.00. The highest BCUT2D eigenvalue weighted by atomic mass is 16.4. The summed E-state index contributed by atoms with van der Waals surface area (Å²) in [6.07, 6.45) is 0.661. The quantitative estimate of drug-likeness (QED) is 0.815. The third-order valence-corrected chi connectivity index (χ3v) is 3.50. The molecule has 0 aromatic heterocycles. The fraction of sp³-hybridized carbons (Fsp3) is 0.533. The average Bonchev–Trinajstić information content (AvgIpc) is 2.30. The zero-order valence-electron chi connectivity index (χ0n) is 11.7. The van der Waals surface area contributed by atoms with E-state index in [2.05, 4.69) is 38.2 Å². The Morgan fingerprint density at radius 2 is 1.83 bits per heavy atom. The largest absolute Gasteiger partial charge is 0.481 e. The van der Waals surface area contributed by atoms with E-state index in [4.69, 9.17) is 5.11 Å². The molecule has 3 heteroatoms. The molecule has 0 saturated heterocycles. The van der Waals surface area contributed by atoms with E-state index in [-0.39, 0.29) is 5.92 Å². The summed E-state index contributed by atoms with van der Waals surface area (Å²) in [5, 5.41) is 12.2. The van der Waals surface area contributed by atoms with Crippen LogP contribution in [0.15, 0.2) is 12.1 Å². The summed E-state index contributed by atoms with van der Waals surface area (Å²) < 4.78 is 0. The molecule has 18 heavy (non-hydrogen) atoms. The fourth-order valence-electron chi connectivity index (χ4n) is 2.00. The maximum absolute atomic E-state index is 10.9. The van der Waals surface area contributed by atoms with Gasteiger partial charge in [0.15, 0.2) is 0 Å². The maximum Gasteiger partial charge on any atom is 0.307 e. The minimum absolute atomic E-state index is 0.295. The standard InChI is InChI=1S/C15H23NO2/c1-5-13(15(17)18)8-16-9-14-7-11(3)10(2)6-12(14)4/h6-7,13,16H,5,8-9H2,1-4H3,(H,17,18). The highest BCUT2D eigenvalue weighted by Gasteiger charge is 2.14. The molecule has 1 aromatic carbocycles. The van der Waals surface area contributed by atoms with Crippen molar-refractivity contribution in [1.29, 1.82) is 0 Å². The monoisotopic (exact) mass is 249 g/mol. The Morgan fingerprint density at radius 3 is 2.39 bits per heavy atom. The number of rotatable bonds is 6. The Balaban J connectivity index is 2.59. The van der Waals surface area contributed by atoms with Gasteiger partial charge in [-0.3, -0.25) is 4.79 Å². The molecule has 0 heterocycles. The lowest BCUT2D eigenvalue weighted by Crippen LogP contribution is -2.27. The van der Waals surface area contributed by atoms with Crippen molar-refractivity contribution >= 4 is 5.97 Å². The van der Waals surface area contributed by atoms with E-state index < -0.39 is 5.97 Å². The van der Waals surface area contributed by atoms with E-state index in [9.17, 15) is 4.79 Å². The van der Waals surface area contributed by atoms with Crippen LogP contribution in [-0.2, 0) is 11.3 Å². The summed E-state index contributed by atoms with van der Waals surface area (Å²) in [6, 6.07) is 4.36. The van der Waals surface area contributed by atoms with Crippen LogP contribution in [0.4, 0.5) is 0 Å². The Hall–Kier alpha value is -1.35. The Bertz CT molecular complexity index is 427. The van der Waals surface area contributed by atoms with Gasteiger partial charge in [0.05, 0.1) is 5.92 Å². The molecule has 3 nitrogen and oxygen atoms in total. The van der Waals surface area contributed by atoms with Gasteiger partial charge >= 0.3 is 5.97 Å². The third-order valence-electron chi connectivity index (χ3n) is 3.50. The van der Waals surface area contributed by atoms with Crippen LogP contribution < -0.4 is 5.32 Å². The minimum atomic E-state index is -0.721. The molecule has 0 aliphatic rings. The van der Waals surface area contributed by atoms with Crippen molar-refractivity contribution in [2.24, 2.45) is 5.92 Å². The van der Waals surface area contributed by atoms with Crippen LogP contribution in [0.5, 0.6) is 0 Å². The van der Waals surface area contributed by atoms with Crippen molar-refractivity contribution in [3.63, 3.8) is 0 Å². The SMILES string of the molecule is CCC(CNCc1cc(C)c(C)cc1C)C(=O)O. The summed E-state index contributed by atoms with van der Waals surface area (Å²) in [6.45, 7) is 9.47. The number of hydrogen-bond donors (Lipinski definition) is 2. The van der Waals surface area contributed by atoms with Crippen LogP contribution in [0.1, 0.15) is 35.6 Å². The lowest BCUT2D eigenvalue weighted by Gasteiger charge is -2.13. The van der Waals surface area contributed by atoms with Gasteiger partial charge < -0.3 is 10.4 Å². The maximum atomic E-state index is 10.9. The Morgan fingerprint density at radius 1 is 1.22 bits per heavy atom. The van der Waals surface area contributed by atoms with E-state index in [1.165, 1.54) is 22.3 Å². The van der Waals surface area contributed by atoms with Gasteiger partial charge in [-0.05, 0) is 49.4 Å². The predicted molar refractivity (Wildman–Crippen MR) is 73.8 cm³/mol. The second kappa shape index (κ2) is 6.55. The van der Waals surface area contributed by atoms with E-state index in [1.54, 1.807) is 0 Å². The predicted octanol–water partition coefficient (Wildman–Crippen LogP) is 2.81. The summed E-state index contributed by atoms with van der Waals surface area (Å²) in [4.78, 5) is 10.9. The van der Waals surface area contributed by atoms with Gasteiger partial charge in [-0.15, -0.1) is 0 Å². The lowest BCUT2D eigenvalue weighted by molar-refractivity contribution is -0.141. The van der Waals surface area contributed by atoms with Crippen molar-refractivity contribution in [1.82, 2.24) is 5.32 Å².